The molecule has 0 spiro atoms. The Labute approximate surface area is 144 Å². The molecule has 0 radical (unpaired) electrons. The van der Waals surface area contributed by atoms with E-state index in [0.29, 0.717) is 6.54 Å². The van der Waals surface area contributed by atoms with Crippen molar-refractivity contribution in [3.63, 3.8) is 0 Å². The molecular formula is C19H25NO3S. The molecule has 0 aliphatic rings. The number of aliphatic hydroxyl groups excluding tert-OH is 1. The Bertz CT molecular complexity index is 769. The van der Waals surface area contributed by atoms with E-state index in [1.807, 2.05) is 6.07 Å². The van der Waals surface area contributed by atoms with Gasteiger partial charge < -0.3 is 5.11 Å². The lowest BCUT2D eigenvalue weighted by Gasteiger charge is -2.24. The van der Waals surface area contributed by atoms with Crippen molar-refractivity contribution in [1.29, 1.82) is 0 Å². The van der Waals surface area contributed by atoms with Crippen LogP contribution in [0, 0.1) is 6.92 Å². The van der Waals surface area contributed by atoms with Gasteiger partial charge in [-0.15, -0.1) is 0 Å². The highest BCUT2D eigenvalue weighted by atomic mass is 32.2. The van der Waals surface area contributed by atoms with Crippen LogP contribution in [0.15, 0.2) is 53.4 Å². The van der Waals surface area contributed by atoms with Crippen LogP contribution in [0.4, 0.5) is 0 Å². The second kappa shape index (κ2) is 7.92. The average Bonchev–Trinajstić information content (AvgIpc) is 2.53. The van der Waals surface area contributed by atoms with Gasteiger partial charge in [0.05, 0.1) is 11.0 Å². The molecule has 130 valence electrons. The Kier molecular flexibility index (Phi) is 6.15. The SMILES string of the molecule is CCN(Cc1cccc(C)c1)CC(O)c1ccc(S(C)(=O)=O)cc1. The fourth-order valence-electron chi connectivity index (χ4n) is 2.66. The second-order valence-corrected chi connectivity index (χ2v) is 8.19. The van der Waals surface area contributed by atoms with Crippen molar-refractivity contribution in [2.24, 2.45) is 0 Å². The first-order valence-electron chi connectivity index (χ1n) is 8.05. The van der Waals surface area contributed by atoms with Gasteiger partial charge in [0.2, 0.25) is 0 Å². The first kappa shape index (κ1) is 18.6. The summed E-state index contributed by atoms with van der Waals surface area (Å²) in [7, 11) is -3.21. The predicted molar refractivity (Wildman–Crippen MR) is 96.6 cm³/mol. The summed E-state index contributed by atoms with van der Waals surface area (Å²) in [6, 6.07) is 14.8. The van der Waals surface area contributed by atoms with Crippen LogP contribution < -0.4 is 0 Å². The standard InChI is InChI=1S/C19H25NO3S/c1-4-20(13-16-7-5-6-15(2)12-16)14-19(21)17-8-10-18(11-9-17)24(3,22)23/h5-12,19,21H,4,13-14H2,1-3H3. The van der Waals surface area contributed by atoms with E-state index in [1.165, 1.54) is 17.4 Å². The molecule has 1 N–H and O–H groups in total. The third-order valence-corrected chi connectivity index (χ3v) is 5.19. The molecule has 0 fully saturated rings. The Balaban J connectivity index is 2.04. The summed E-state index contributed by atoms with van der Waals surface area (Å²) < 4.78 is 23.0. The van der Waals surface area contributed by atoms with Crippen molar-refractivity contribution < 1.29 is 13.5 Å². The molecule has 2 aromatic rings. The zero-order valence-electron chi connectivity index (χ0n) is 14.4. The number of aryl methyl sites for hydroxylation is 1. The number of sulfone groups is 1. The maximum atomic E-state index is 11.5. The van der Waals surface area contributed by atoms with Crippen LogP contribution in [-0.4, -0.2) is 37.8 Å². The quantitative estimate of drug-likeness (QED) is 0.837. The van der Waals surface area contributed by atoms with Crippen LogP contribution in [-0.2, 0) is 16.4 Å². The van der Waals surface area contributed by atoms with E-state index in [9.17, 15) is 13.5 Å². The van der Waals surface area contributed by atoms with Crippen LogP contribution in [0.5, 0.6) is 0 Å². The third kappa shape index (κ3) is 5.16. The third-order valence-electron chi connectivity index (χ3n) is 4.06. The van der Waals surface area contributed by atoms with E-state index < -0.39 is 15.9 Å². The van der Waals surface area contributed by atoms with Crippen molar-refractivity contribution in [2.75, 3.05) is 19.3 Å². The summed E-state index contributed by atoms with van der Waals surface area (Å²) in [5.41, 5.74) is 3.17. The molecular weight excluding hydrogens is 322 g/mol. The van der Waals surface area contributed by atoms with E-state index in [0.717, 1.165) is 18.7 Å². The van der Waals surface area contributed by atoms with Gasteiger partial charge in [0.15, 0.2) is 9.84 Å². The van der Waals surface area contributed by atoms with Gasteiger partial charge in [-0.1, -0.05) is 48.9 Å². The smallest absolute Gasteiger partial charge is 0.175 e. The van der Waals surface area contributed by atoms with Crippen molar-refractivity contribution in [1.82, 2.24) is 4.90 Å². The Hall–Kier alpha value is -1.69. The number of rotatable bonds is 7. The minimum absolute atomic E-state index is 0.269. The Morgan fingerprint density at radius 1 is 1.12 bits per heavy atom. The summed E-state index contributed by atoms with van der Waals surface area (Å²) in [5.74, 6) is 0. The van der Waals surface area contributed by atoms with Gasteiger partial charge in [0.1, 0.15) is 0 Å². The van der Waals surface area contributed by atoms with E-state index >= 15 is 0 Å². The molecule has 2 rings (SSSR count). The topological polar surface area (TPSA) is 57.6 Å². The molecule has 24 heavy (non-hydrogen) atoms. The highest BCUT2D eigenvalue weighted by Gasteiger charge is 2.14. The number of hydrogen-bond donors (Lipinski definition) is 1. The lowest BCUT2D eigenvalue weighted by molar-refractivity contribution is 0.112. The number of nitrogens with zero attached hydrogens (tertiary/aromatic N) is 1. The number of hydrogen-bond acceptors (Lipinski definition) is 4. The summed E-state index contributed by atoms with van der Waals surface area (Å²) in [4.78, 5) is 2.44. The van der Waals surface area contributed by atoms with Gasteiger partial charge in [-0.3, -0.25) is 4.90 Å². The minimum atomic E-state index is -3.21. The molecule has 5 heteroatoms. The number of aliphatic hydroxyl groups is 1. The molecule has 0 amide bonds. The van der Waals surface area contributed by atoms with E-state index in [4.69, 9.17) is 0 Å². The predicted octanol–water partition coefficient (Wildman–Crippen LogP) is 2.95. The molecule has 0 saturated heterocycles. The largest absolute Gasteiger partial charge is 0.387 e. The average molecular weight is 347 g/mol. The zero-order valence-corrected chi connectivity index (χ0v) is 15.3. The van der Waals surface area contributed by atoms with Gasteiger partial charge in [0.25, 0.3) is 0 Å². The molecule has 1 unspecified atom stereocenters. The van der Waals surface area contributed by atoms with Crippen molar-refractivity contribution in [3.05, 3.63) is 65.2 Å². The van der Waals surface area contributed by atoms with Crippen LogP contribution in [0.3, 0.4) is 0 Å². The second-order valence-electron chi connectivity index (χ2n) is 6.17. The maximum absolute atomic E-state index is 11.5. The molecule has 0 saturated carbocycles. The Morgan fingerprint density at radius 3 is 2.33 bits per heavy atom. The number of benzene rings is 2. The lowest BCUT2D eigenvalue weighted by Crippen LogP contribution is -2.28. The van der Waals surface area contributed by atoms with Gasteiger partial charge >= 0.3 is 0 Å². The van der Waals surface area contributed by atoms with Crippen molar-refractivity contribution in [2.45, 2.75) is 31.4 Å². The van der Waals surface area contributed by atoms with E-state index in [2.05, 4.69) is 36.9 Å². The van der Waals surface area contributed by atoms with E-state index in [1.54, 1.807) is 24.3 Å². The monoisotopic (exact) mass is 347 g/mol. The molecule has 2 aromatic carbocycles. The maximum Gasteiger partial charge on any atom is 0.175 e. The first-order chi connectivity index (χ1) is 11.3. The molecule has 0 bridgehead atoms. The first-order valence-corrected chi connectivity index (χ1v) is 9.94. The summed E-state index contributed by atoms with van der Waals surface area (Å²) >= 11 is 0. The van der Waals surface area contributed by atoms with Gasteiger partial charge in [0, 0.05) is 19.3 Å². The zero-order chi connectivity index (χ0) is 17.7. The fourth-order valence-corrected chi connectivity index (χ4v) is 3.29. The molecule has 4 nitrogen and oxygen atoms in total. The van der Waals surface area contributed by atoms with Gasteiger partial charge in [-0.05, 0) is 36.7 Å². The van der Waals surface area contributed by atoms with Crippen molar-refractivity contribution >= 4 is 9.84 Å². The molecule has 0 aliphatic carbocycles. The van der Waals surface area contributed by atoms with Crippen LogP contribution >= 0.6 is 0 Å². The normalized spacial score (nSPS) is 13.2. The molecule has 0 aliphatic heterocycles. The minimum Gasteiger partial charge on any atom is -0.387 e. The lowest BCUT2D eigenvalue weighted by atomic mass is 10.1. The molecule has 0 heterocycles. The molecule has 1 atom stereocenters. The highest BCUT2D eigenvalue weighted by molar-refractivity contribution is 7.90. The van der Waals surface area contributed by atoms with Crippen LogP contribution in [0.1, 0.15) is 29.7 Å². The molecule has 0 aromatic heterocycles. The van der Waals surface area contributed by atoms with Gasteiger partial charge in [-0.25, -0.2) is 8.42 Å². The summed E-state index contributed by atoms with van der Waals surface area (Å²) in [6.45, 7) is 6.24. The number of likely N-dealkylation sites (N-methyl/N-ethyl adjacent to an activating group) is 1. The van der Waals surface area contributed by atoms with Gasteiger partial charge in [-0.2, -0.15) is 0 Å². The van der Waals surface area contributed by atoms with Crippen molar-refractivity contribution in [3.8, 4) is 0 Å². The van der Waals surface area contributed by atoms with Crippen LogP contribution in [0.2, 0.25) is 0 Å². The van der Waals surface area contributed by atoms with Crippen LogP contribution in [0.25, 0.3) is 0 Å². The fraction of sp³-hybridized carbons (Fsp3) is 0.368. The summed E-state index contributed by atoms with van der Waals surface area (Å²) in [6.07, 6.45) is 0.530. The summed E-state index contributed by atoms with van der Waals surface area (Å²) in [5, 5.41) is 10.5. The van der Waals surface area contributed by atoms with E-state index in [-0.39, 0.29) is 4.90 Å². The Morgan fingerprint density at radius 2 is 1.79 bits per heavy atom. The highest BCUT2D eigenvalue weighted by Crippen LogP contribution is 2.18.